The van der Waals surface area contributed by atoms with E-state index in [0.717, 1.165) is 12.2 Å². The molecular formula is C45H81NO17. The van der Waals surface area contributed by atoms with Crippen LogP contribution < -0.4 is 10.1 Å². The summed E-state index contributed by atoms with van der Waals surface area (Å²) >= 11 is 0. The van der Waals surface area contributed by atoms with Gasteiger partial charge in [0, 0.05) is 6.54 Å². The van der Waals surface area contributed by atoms with Gasteiger partial charge in [-0.15, -0.1) is 0 Å². The maximum absolute atomic E-state index is 11.4. The Hall–Kier alpha value is -2.56. The number of aliphatic carboxylic acids is 1. The Morgan fingerprint density at radius 3 is 1.11 bits per heavy atom. The third kappa shape index (κ3) is 45.8. The van der Waals surface area contributed by atoms with Gasteiger partial charge in [-0.25, -0.2) is 4.79 Å². The smallest absolute Gasteiger partial charge is 0.329 e. The van der Waals surface area contributed by atoms with E-state index in [1.165, 1.54) is 50.5 Å². The minimum absolute atomic E-state index is 0.297. The molecule has 18 heteroatoms. The maximum Gasteiger partial charge on any atom is 0.329 e. The quantitative estimate of drug-likeness (QED) is 0.0896. The third-order valence-electron chi connectivity index (χ3n) is 8.61. The fourth-order valence-electron chi connectivity index (χ4n) is 5.32. The number of hydrogen-bond acceptors (Lipinski definition) is 16. The van der Waals surface area contributed by atoms with Crippen molar-refractivity contribution in [1.29, 1.82) is 0 Å². The monoisotopic (exact) mass is 908 g/mol. The summed E-state index contributed by atoms with van der Waals surface area (Å²) in [5.41, 5.74) is 1.37. The summed E-state index contributed by atoms with van der Waals surface area (Å²) in [4.78, 5) is 21.7. The summed E-state index contributed by atoms with van der Waals surface area (Å²) in [7, 11) is 0. The van der Waals surface area contributed by atoms with Crippen LogP contribution in [0.15, 0.2) is 24.3 Å². The van der Waals surface area contributed by atoms with Gasteiger partial charge in [0.05, 0.1) is 159 Å². The minimum Gasteiger partial charge on any atom is -0.491 e. The zero-order valence-electron chi connectivity index (χ0n) is 38.2. The number of benzene rings is 1. The lowest BCUT2D eigenvalue weighted by Crippen LogP contribution is -2.31. The molecule has 18 nitrogen and oxygen atoms in total. The maximum atomic E-state index is 11.4. The molecule has 0 atom stereocenters. The van der Waals surface area contributed by atoms with Crippen molar-refractivity contribution < 1.29 is 81.0 Å². The highest BCUT2D eigenvalue weighted by molar-refractivity contribution is 5.77. The van der Waals surface area contributed by atoms with E-state index in [4.69, 9.17) is 66.7 Å². The number of carbonyl (C=O) groups excluding carboxylic acids is 1. The third-order valence-corrected chi connectivity index (χ3v) is 8.61. The summed E-state index contributed by atoms with van der Waals surface area (Å²) in [6, 6.07) is 8.43. The van der Waals surface area contributed by atoms with Crippen LogP contribution in [-0.2, 0) is 77.6 Å². The molecule has 0 saturated carbocycles. The normalized spacial score (nSPS) is 11.4. The van der Waals surface area contributed by atoms with Crippen LogP contribution in [0.5, 0.6) is 5.75 Å². The molecule has 1 aromatic carbocycles. The van der Waals surface area contributed by atoms with Crippen LogP contribution in [0.25, 0.3) is 0 Å². The highest BCUT2D eigenvalue weighted by atomic mass is 16.6. The van der Waals surface area contributed by atoms with Crippen molar-refractivity contribution in [2.45, 2.75) is 58.3 Å². The predicted molar refractivity (Wildman–Crippen MR) is 235 cm³/mol. The fourth-order valence-corrected chi connectivity index (χ4v) is 5.32. The molecule has 0 aliphatic heterocycles. The summed E-state index contributed by atoms with van der Waals surface area (Å²) in [5.74, 6) is -0.645. The molecule has 63 heavy (non-hydrogen) atoms. The average Bonchev–Trinajstić information content (AvgIpc) is 3.28. The Morgan fingerprint density at radius 1 is 0.413 bits per heavy atom. The van der Waals surface area contributed by atoms with E-state index >= 15 is 0 Å². The molecule has 1 aromatic rings. The number of rotatable bonds is 52. The first kappa shape index (κ1) is 58.5. The lowest BCUT2D eigenvalue weighted by molar-refractivity contribution is -0.143. The van der Waals surface area contributed by atoms with E-state index in [-0.39, 0.29) is 6.61 Å². The number of hydrogen-bond donors (Lipinski definition) is 2. The summed E-state index contributed by atoms with van der Waals surface area (Å²) in [5, 5.41) is 11.0. The van der Waals surface area contributed by atoms with Crippen molar-refractivity contribution in [3.8, 4) is 5.75 Å². The Labute approximate surface area is 376 Å². The molecule has 0 saturated heterocycles. The van der Waals surface area contributed by atoms with E-state index < -0.39 is 18.5 Å². The van der Waals surface area contributed by atoms with Gasteiger partial charge < -0.3 is 76.7 Å². The van der Waals surface area contributed by atoms with Crippen LogP contribution >= 0.6 is 0 Å². The second-order valence-electron chi connectivity index (χ2n) is 13.9. The zero-order valence-corrected chi connectivity index (χ0v) is 38.2. The predicted octanol–water partition coefficient (Wildman–Crippen LogP) is 3.78. The zero-order chi connectivity index (χ0) is 45.2. The number of carbonyl (C=O) groups is 2. The molecule has 0 unspecified atom stereocenters. The van der Waals surface area contributed by atoms with Crippen molar-refractivity contribution in [3.63, 3.8) is 0 Å². The van der Waals surface area contributed by atoms with Crippen molar-refractivity contribution in [1.82, 2.24) is 5.32 Å². The number of amides is 1. The van der Waals surface area contributed by atoms with Crippen LogP contribution in [0.3, 0.4) is 0 Å². The number of carboxylic acid groups (broad SMARTS) is 1. The minimum atomic E-state index is -1.12. The van der Waals surface area contributed by atoms with Gasteiger partial charge in [-0.05, 0) is 30.5 Å². The van der Waals surface area contributed by atoms with Gasteiger partial charge in [0.2, 0.25) is 5.91 Å². The van der Waals surface area contributed by atoms with E-state index in [9.17, 15) is 9.59 Å². The largest absolute Gasteiger partial charge is 0.491 e. The molecule has 0 radical (unpaired) electrons. The first-order valence-electron chi connectivity index (χ1n) is 22.8. The number of unbranched alkanes of at least 4 members (excludes halogenated alkanes) is 6. The van der Waals surface area contributed by atoms with Crippen LogP contribution in [0.4, 0.5) is 0 Å². The van der Waals surface area contributed by atoms with Gasteiger partial charge in [0.25, 0.3) is 0 Å². The van der Waals surface area contributed by atoms with Crippen molar-refractivity contribution in [2.75, 3.05) is 185 Å². The molecule has 0 aromatic heterocycles. The first-order chi connectivity index (χ1) is 31.1. The Kier molecular flexibility index (Phi) is 45.4. The lowest BCUT2D eigenvalue weighted by atomic mass is 10.0. The van der Waals surface area contributed by atoms with Gasteiger partial charge in [0.1, 0.15) is 25.6 Å². The first-order valence-corrected chi connectivity index (χ1v) is 22.8. The van der Waals surface area contributed by atoms with Crippen molar-refractivity contribution in [2.24, 2.45) is 0 Å². The van der Waals surface area contributed by atoms with Gasteiger partial charge >= 0.3 is 5.97 Å². The van der Waals surface area contributed by atoms with Crippen LogP contribution in [-0.4, -0.2) is 202 Å². The Morgan fingerprint density at radius 2 is 0.746 bits per heavy atom. The van der Waals surface area contributed by atoms with Crippen molar-refractivity contribution >= 4 is 11.9 Å². The van der Waals surface area contributed by atoms with E-state index in [1.807, 2.05) is 12.1 Å². The second-order valence-corrected chi connectivity index (χ2v) is 13.9. The van der Waals surface area contributed by atoms with Crippen LogP contribution in [0, 0.1) is 0 Å². The standard InChI is InChI=1S/C45H81NO17/c1-2-3-4-5-6-7-8-9-42-10-12-43(13-11-42)63-39-38-61-37-36-60-35-34-59-33-32-58-31-30-57-29-28-56-27-26-55-25-24-54-23-22-53-21-20-52-19-18-51-17-16-50-15-14-46-44(47)40-62-41-45(48)49/h10-13H,2-9,14-41H2,1H3,(H,46,47)(H,48,49). The highest BCUT2D eigenvalue weighted by Crippen LogP contribution is 2.15. The van der Waals surface area contributed by atoms with Crippen molar-refractivity contribution in [3.05, 3.63) is 29.8 Å². The van der Waals surface area contributed by atoms with Gasteiger partial charge in [0.15, 0.2) is 0 Å². The summed E-state index contributed by atoms with van der Waals surface area (Å²) in [6.07, 6.45) is 10.5. The Bertz CT molecular complexity index is 1100. The number of aryl methyl sites for hydroxylation is 1. The molecular weight excluding hydrogens is 826 g/mol. The topological polar surface area (TPSA) is 196 Å². The van der Waals surface area contributed by atoms with E-state index in [2.05, 4.69) is 29.1 Å². The molecule has 0 aliphatic carbocycles. The summed E-state index contributed by atoms with van der Waals surface area (Å²) in [6.45, 7) is 13.5. The van der Waals surface area contributed by atoms with E-state index in [0.29, 0.717) is 172 Å². The fraction of sp³-hybridized carbons (Fsp3) is 0.822. The Balaban J connectivity index is 1.66. The molecule has 0 heterocycles. The number of nitrogens with one attached hydrogen (secondary N) is 1. The summed E-state index contributed by atoms with van der Waals surface area (Å²) < 4.78 is 76.3. The van der Waals surface area contributed by atoms with Gasteiger partial charge in [-0.1, -0.05) is 57.6 Å². The van der Waals surface area contributed by atoms with E-state index in [1.54, 1.807) is 0 Å². The second kappa shape index (κ2) is 48.9. The number of ether oxygens (including phenoxy) is 14. The molecule has 368 valence electrons. The molecule has 1 amide bonds. The molecule has 0 spiro atoms. The molecule has 0 fully saturated rings. The lowest BCUT2D eigenvalue weighted by Gasteiger charge is -2.09. The van der Waals surface area contributed by atoms with Gasteiger partial charge in [-0.2, -0.15) is 0 Å². The molecule has 2 N–H and O–H groups in total. The SMILES string of the molecule is CCCCCCCCCc1ccc(OCCOCCOCCOCCOCCOCCOCCOCCOCCOCCOCCOCCOCCNC(=O)COCC(=O)O)cc1. The van der Waals surface area contributed by atoms with Crippen LogP contribution in [0.2, 0.25) is 0 Å². The number of carboxylic acids is 1. The van der Waals surface area contributed by atoms with Gasteiger partial charge in [-0.3, -0.25) is 4.79 Å². The highest BCUT2D eigenvalue weighted by Gasteiger charge is 2.04. The average molecular weight is 908 g/mol. The van der Waals surface area contributed by atoms with Crippen LogP contribution in [0.1, 0.15) is 57.4 Å². The molecule has 0 aliphatic rings. The molecule has 0 bridgehead atoms. The molecule has 1 rings (SSSR count).